The molecule has 2 aliphatic heterocycles. The Morgan fingerprint density at radius 2 is 2.04 bits per heavy atom. The summed E-state index contributed by atoms with van der Waals surface area (Å²) in [4.78, 5) is 17.4. The first kappa shape index (κ1) is 18.2. The summed E-state index contributed by atoms with van der Waals surface area (Å²) < 4.78 is 11.1. The predicted molar refractivity (Wildman–Crippen MR) is 97.9 cm³/mol. The number of methoxy groups -OCH3 is 1. The molecule has 1 amide bonds. The van der Waals surface area contributed by atoms with Gasteiger partial charge in [-0.15, -0.1) is 0 Å². The fourth-order valence-corrected chi connectivity index (χ4v) is 4.14. The van der Waals surface area contributed by atoms with Crippen molar-refractivity contribution in [1.29, 1.82) is 0 Å². The van der Waals surface area contributed by atoms with Crippen LogP contribution < -0.4 is 4.74 Å². The Labute approximate surface area is 150 Å². The van der Waals surface area contributed by atoms with Crippen LogP contribution in [0.5, 0.6) is 5.75 Å². The SMILES string of the molecule is COc1cccc(CC(=O)N2CCC[C@@H]2CN2C[C@H](C)O[C@@H](C)C2)c1. The van der Waals surface area contributed by atoms with E-state index in [4.69, 9.17) is 9.47 Å². The first-order valence-corrected chi connectivity index (χ1v) is 9.35. The highest BCUT2D eigenvalue weighted by molar-refractivity contribution is 5.79. The number of amides is 1. The molecule has 1 aromatic carbocycles. The van der Waals surface area contributed by atoms with Gasteiger partial charge in [0.15, 0.2) is 0 Å². The van der Waals surface area contributed by atoms with Crippen LogP contribution in [0.2, 0.25) is 0 Å². The van der Waals surface area contributed by atoms with E-state index >= 15 is 0 Å². The quantitative estimate of drug-likeness (QED) is 0.821. The molecule has 2 fully saturated rings. The number of ether oxygens (including phenoxy) is 2. The summed E-state index contributed by atoms with van der Waals surface area (Å²) in [5.41, 5.74) is 1.02. The molecule has 2 heterocycles. The van der Waals surface area contributed by atoms with Crippen molar-refractivity contribution >= 4 is 5.91 Å². The molecular weight excluding hydrogens is 316 g/mol. The Hall–Kier alpha value is -1.59. The third kappa shape index (κ3) is 4.73. The van der Waals surface area contributed by atoms with E-state index in [1.165, 1.54) is 0 Å². The summed E-state index contributed by atoms with van der Waals surface area (Å²) in [7, 11) is 1.65. The van der Waals surface area contributed by atoms with E-state index in [1.54, 1.807) is 7.11 Å². The molecule has 2 saturated heterocycles. The van der Waals surface area contributed by atoms with Crippen molar-refractivity contribution in [3.63, 3.8) is 0 Å². The van der Waals surface area contributed by atoms with Gasteiger partial charge in [0.05, 0.1) is 25.7 Å². The summed E-state index contributed by atoms with van der Waals surface area (Å²) in [6.07, 6.45) is 3.19. The lowest BCUT2D eigenvalue weighted by Gasteiger charge is -2.38. The van der Waals surface area contributed by atoms with Crippen LogP contribution in [-0.4, -0.2) is 67.2 Å². The zero-order valence-electron chi connectivity index (χ0n) is 15.6. The predicted octanol–water partition coefficient (Wildman–Crippen LogP) is 2.34. The van der Waals surface area contributed by atoms with Crippen molar-refractivity contribution in [2.45, 2.75) is 51.4 Å². The molecule has 1 aromatic rings. The van der Waals surface area contributed by atoms with Gasteiger partial charge in [-0.3, -0.25) is 9.69 Å². The third-order valence-corrected chi connectivity index (χ3v) is 5.15. The monoisotopic (exact) mass is 346 g/mol. The van der Waals surface area contributed by atoms with E-state index in [0.717, 1.165) is 50.3 Å². The van der Waals surface area contributed by atoms with E-state index in [9.17, 15) is 4.79 Å². The van der Waals surface area contributed by atoms with Crippen molar-refractivity contribution in [2.24, 2.45) is 0 Å². The minimum absolute atomic E-state index is 0.227. The standard InChI is InChI=1S/C20H30N2O3/c1-15-12-21(13-16(2)25-15)14-18-7-5-9-22(18)20(23)11-17-6-4-8-19(10-17)24-3/h4,6,8,10,15-16,18H,5,7,9,11-14H2,1-3H3/t15-,16-,18+/m0/s1. The molecule has 25 heavy (non-hydrogen) atoms. The number of hydrogen-bond acceptors (Lipinski definition) is 4. The molecular formula is C20H30N2O3. The Bertz CT molecular complexity index is 582. The van der Waals surface area contributed by atoms with Crippen LogP contribution in [-0.2, 0) is 16.0 Å². The number of rotatable bonds is 5. The fourth-order valence-electron chi connectivity index (χ4n) is 4.14. The summed E-state index contributed by atoms with van der Waals surface area (Å²) in [6, 6.07) is 8.13. The molecule has 0 unspecified atom stereocenters. The first-order chi connectivity index (χ1) is 12.0. The maximum atomic E-state index is 12.8. The first-order valence-electron chi connectivity index (χ1n) is 9.35. The van der Waals surface area contributed by atoms with Crippen LogP contribution in [0, 0.1) is 0 Å². The number of likely N-dealkylation sites (tertiary alicyclic amines) is 1. The van der Waals surface area contributed by atoms with Crippen molar-refractivity contribution < 1.29 is 14.3 Å². The minimum atomic E-state index is 0.227. The van der Waals surface area contributed by atoms with Gasteiger partial charge in [-0.25, -0.2) is 0 Å². The molecule has 0 bridgehead atoms. The smallest absolute Gasteiger partial charge is 0.227 e. The van der Waals surface area contributed by atoms with Gasteiger partial charge in [-0.1, -0.05) is 12.1 Å². The van der Waals surface area contributed by atoms with Crippen molar-refractivity contribution in [1.82, 2.24) is 9.80 Å². The lowest BCUT2D eigenvalue weighted by Crippen LogP contribution is -2.51. The van der Waals surface area contributed by atoms with Crippen LogP contribution >= 0.6 is 0 Å². The normalized spacial score (nSPS) is 27.5. The van der Waals surface area contributed by atoms with Crippen LogP contribution in [0.1, 0.15) is 32.3 Å². The molecule has 0 aliphatic carbocycles. The number of morpholine rings is 1. The Balaban J connectivity index is 1.59. The lowest BCUT2D eigenvalue weighted by atomic mass is 10.1. The van der Waals surface area contributed by atoms with Gasteiger partial charge in [0.1, 0.15) is 5.75 Å². The molecule has 2 aliphatic rings. The second-order valence-electron chi connectivity index (χ2n) is 7.39. The molecule has 0 saturated carbocycles. The zero-order chi connectivity index (χ0) is 17.8. The average molecular weight is 346 g/mol. The average Bonchev–Trinajstić information content (AvgIpc) is 3.02. The largest absolute Gasteiger partial charge is 0.497 e. The molecule has 0 N–H and O–H groups in total. The van der Waals surface area contributed by atoms with E-state index in [-0.39, 0.29) is 18.1 Å². The maximum Gasteiger partial charge on any atom is 0.227 e. The van der Waals surface area contributed by atoms with Crippen LogP contribution in [0.3, 0.4) is 0 Å². The van der Waals surface area contributed by atoms with Gasteiger partial charge in [-0.2, -0.15) is 0 Å². The zero-order valence-corrected chi connectivity index (χ0v) is 15.6. The summed E-state index contributed by atoms with van der Waals surface area (Å²) >= 11 is 0. The molecule has 138 valence electrons. The highest BCUT2D eigenvalue weighted by Gasteiger charge is 2.32. The molecule has 0 spiro atoms. The number of benzene rings is 1. The number of hydrogen-bond donors (Lipinski definition) is 0. The Morgan fingerprint density at radius 1 is 1.28 bits per heavy atom. The molecule has 0 aromatic heterocycles. The van der Waals surface area contributed by atoms with Gasteiger partial charge >= 0.3 is 0 Å². The highest BCUT2D eigenvalue weighted by Crippen LogP contribution is 2.22. The topological polar surface area (TPSA) is 42.0 Å². The summed E-state index contributed by atoms with van der Waals surface area (Å²) in [5, 5.41) is 0. The molecule has 3 rings (SSSR count). The van der Waals surface area contributed by atoms with Crippen molar-refractivity contribution in [2.75, 3.05) is 33.3 Å². The van der Waals surface area contributed by atoms with E-state index in [1.807, 2.05) is 24.3 Å². The lowest BCUT2D eigenvalue weighted by molar-refractivity contribution is -0.132. The van der Waals surface area contributed by atoms with Crippen molar-refractivity contribution in [3.8, 4) is 5.75 Å². The van der Waals surface area contributed by atoms with E-state index < -0.39 is 0 Å². The number of carbonyl (C=O) groups is 1. The third-order valence-electron chi connectivity index (χ3n) is 5.15. The summed E-state index contributed by atoms with van der Waals surface area (Å²) in [6.45, 7) is 8.01. The fraction of sp³-hybridized carbons (Fsp3) is 0.650. The van der Waals surface area contributed by atoms with E-state index in [2.05, 4.69) is 23.6 Å². The van der Waals surface area contributed by atoms with Crippen LogP contribution in [0.15, 0.2) is 24.3 Å². The second-order valence-corrected chi connectivity index (χ2v) is 7.39. The molecule has 0 radical (unpaired) electrons. The second kappa shape index (κ2) is 8.19. The van der Waals surface area contributed by atoms with Gasteiger partial charge in [-0.05, 0) is 44.4 Å². The number of nitrogens with zero attached hydrogens (tertiary/aromatic N) is 2. The molecule has 5 nitrogen and oxygen atoms in total. The van der Waals surface area contributed by atoms with Crippen molar-refractivity contribution in [3.05, 3.63) is 29.8 Å². The highest BCUT2D eigenvalue weighted by atomic mass is 16.5. The summed E-state index contributed by atoms with van der Waals surface area (Å²) in [5.74, 6) is 1.03. The van der Waals surface area contributed by atoms with Gasteiger partial charge in [0, 0.05) is 32.2 Å². The maximum absolute atomic E-state index is 12.8. The molecule has 3 atom stereocenters. The van der Waals surface area contributed by atoms with Crippen LogP contribution in [0.4, 0.5) is 0 Å². The minimum Gasteiger partial charge on any atom is -0.497 e. The van der Waals surface area contributed by atoms with Gasteiger partial charge in [0.2, 0.25) is 5.91 Å². The van der Waals surface area contributed by atoms with Gasteiger partial charge < -0.3 is 14.4 Å². The van der Waals surface area contributed by atoms with Gasteiger partial charge in [0.25, 0.3) is 0 Å². The van der Waals surface area contributed by atoms with E-state index in [0.29, 0.717) is 12.5 Å². The molecule has 5 heteroatoms. The number of carbonyl (C=O) groups excluding carboxylic acids is 1. The van der Waals surface area contributed by atoms with Crippen LogP contribution in [0.25, 0.3) is 0 Å². The Morgan fingerprint density at radius 3 is 2.76 bits per heavy atom. The Kier molecular flexibility index (Phi) is 5.97.